The van der Waals surface area contributed by atoms with E-state index < -0.39 is 0 Å². The first-order valence-electron chi connectivity index (χ1n) is 17.0. The molecule has 0 saturated heterocycles. The van der Waals surface area contributed by atoms with Crippen LogP contribution >= 0.6 is 0 Å². The lowest BCUT2D eigenvalue weighted by Gasteiger charge is -2.18. The molecule has 2 aliphatic carbocycles. The fourth-order valence-corrected chi connectivity index (χ4v) is 6.42. The molecule has 0 amide bonds. The van der Waals surface area contributed by atoms with Gasteiger partial charge in [0.1, 0.15) is 0 Å². The number of hydrogen-bond donors (Lipinski definition) is 1. The zero-order valence-corrected chi connectivity index (χ0v) is 28.0. The van der Waals surface area contributed by atoms with E-state index in [0.717, 1.165) is 80.2 Å². The third kappa shape index (κ3) is 7.11. The lowest BCUT2D eigenvalue weighted by molar-refractivity contribution is 0.808. The summed E-state index contributed by atoms with van der Waals surface area (Å²) in [5.74, 6) is 0.707. The van der Waals surface area contributed by atoms with Crippen molar-refractivity contribution in [1.82, 2.24) is 9.97 Å². The zero-order chi connectivity index (χ0) is 34.3. The van der Waals surface area contributed by atoms with Gasteiger partial charge in [-0.15, -0.1) is 0 Å². The van der Waals surface area contributed by atoms with Crippen LogP contribution in [-0.2, 0) is 0 Å². The second kappa shape index (κ2) is 14.9. The van der Waals surface area contributed by atoms with E-state index in [1.807, 2.05) is 85.1 Å². The molecule has 4 heteroatoms. The topological polar surface area (TPSA) is 62.0 Å². The molecular formula is C46H38N4. The number of nitrogens with one attached hydrogen (secondary N) is 1. The lowest BCUT2D eigenvalue weighted by Crippen LogP contribution is -2.26. The summed E-state index contributed by atoms with van der Waals surface area (Å²) in [6.07, 6.45) is 21.3. The Balaban J connectivity index is 1.26. The van der Waals surface area contributed by atoms with Gasteiger partial charge in [-0.1, -0.05) is 141 Å². The molecule has 1 heterocycles. The quantitative estimate of drug-likeness (QED) is 0.162. The second-order valence-corrected chi connectivity index (χ2v) is 12.4. The Morgan fingerprint density at radius 2 is 1.58 bits per heavy atom. The highest BCUT2D eigenvalue weighted by Crippen LogP contribution is 2.33. The molecule has 0 spiro atoms. The van der Waals surface area contributed by atoms with Crippen molar-refractivity contribution in [3.8, 4) is 22.6 Å². The molecular weight excluding hydrogens is 609 g/mol. The van der Waals surface area contributed by atoms with Gasteiger partial charge in [0.25, 0.3) is 0 Å². The van der Waals surface area contributed by atoms with Crippen molar-refractivity contribution in [2.24, 2.45) is 4.99 Å². The summed E-state index contributed by atoms with van der Waals surface area (Å²) in [5.41, 5.74) is 11.0. The number of nitrogens with zero attached hydrogens (tertiary/aromatic N) is 3. The van der Waals surface area contributed by atoms with Crippen molar-refractivity contribution < 1.29 is 0 Å². The highest BCUT2D eigenvalue weighted by molar-refractivity contribution is 6.09. The molecule has 5 aromatic rings. The highest BCUT2D eigenvalue weighted by atomic mass is 14.9. The number of aromatic nitrogens is 2. The predicted octanol–water partition coefficient (Wildman–Crippen LogP) is 9.82. The Morgan fingerprint density at radius 1 is 0.780 bits per heavy atom. The van der Waals surface area contributed by atoms with Gasteiger partial charge < -0.3 is 5.41 Å². The molecule has 1 atom stereocenters. The van der Waals surface area contributed by atoms with Gasteiger partial charge in [-0.3, -0.25) is 4.99 Å². The monoisotopic (exact) mass is 646 g/mol. The van der Waals surface area contributed by atoms with Gasteiger partial charge in [0.15, 0.2) is 5.82 Å². The van der Waals surface area contributed by atoms with E-state index in [1.165, 1.54) is 17.4 Å². The van der Waals surface area contributed by atoms with Crippen molar-refractivity contribution in [3.63, 3.8) is 0 Å². The third-order valence-electron chi connectivity index (χ3n) is 9.17. The summed E-state index contributed by atoms with van der Waals surface area (Å²) in [4.78, 5) is 15.1. The number of aliphatic imine (C=N–C) groups is 1. The van der Waals surface area contributed by atoms with Crippen molar-refractivity contribution in [2.45, 2.75) is 25.2 Å². The summed E-state index contributed by atoms with van der Waals surface area (Å²) < 4.78 is 0. The van der Waals surface area contributed by atoms with Crippen molar-refractivity contribution in [1.29, 1.82) is 5.41 Å². The van der Waals surface area contributed by atoms with E-state index in [9.17, 15) is 0 Å². The molecule has 4 aromatic carbocycles. The number of allylic oxidation sites excluding steroid dienone is 8. The normalized spacial score (nSPS) is 16.1. The molecule has 1 aromatic heterocycles. The molecule has 0 aliphatic heterocycles. The fraction of sp³-hybridized carbons (Fsp3) is 0.0870. The van der Waals surface area contributed by atoms with Gasteiger partial charge in [0.05, 0.1) is 17.1 Å². The Kier molecular flexibility index (Phi) is 9.61. The Labute approximate surface area is 293 Å². The average Bonchev–Trinajstić information content (AvgIpc) is 3.19. The van der Waals surface area contributed by atoms with Crippen LogP contribution in [0.25, 0.3) is 46.4 Å². The smallest absolute Gasteiger partial charge is 0.160 e. The first-order chi connectivity index (χ1) is 24.6. The SMILES string of the molecule is C=Cc1ccccc1C=Nc1cccc(-c2nc(-c3ccc(C4=CCCC=C4)cc3)cc(C3C=CC(/C(C=N)=c4\ccccc4=C)=CC3)n2)c1. The van der Waals surface area contributed by atoms with Gasteiger partial charge in [0, 0.05) is 35.0 Å². The predicted molar refractivity (Wildman–Crippen MR) is 211 cm³/mol. The van der Waals surface area contributed by atoms with Crippen molar-refractivity contribution >= 4 is 41.9 Å². The van der Waals surface area contributed by atoms with Crippen LogP contribution in [0.3, 0.4) is 0 Å². The van der Waals surface area contributed by atoms with Gasteiger partial charge in [-0.25, -0.2) is 9.97 Å². The van der Waals surface area contributed by atoms with Gasteiger partial charge in [0.2, 0.25) is 0 Å². The Bertz CT molecular complexity index is 2350. The summed E-state index contributed by atoms with van der Waals surface area (Å²) in [6.45, 7) is 8.12. The molecule has 0 fully saturated rings. The van der Waals surface area contributed by atoms with E-state index in [0.29, 0.717) is 5.82 Å². The second-order valence-electron chi connectivity index (χ2n) is 12.4. The molecule has 0 bridgehead atoms. The molecule has 50 heavy (non-hydrogen) atoms. The largest absolute Gasteiger partial charge is 0.308 e. The van der Waals surface area contributed by atoms with Crippen LogP contribution < -0.4 is 10.4 Å². The highest BCUT2D eigenvalue weighted by Gasteiger charge is 2.18. The van der Waals surface area contributed by atoms with Crippen molar-refractivity contribution in [2.75, 3.05) is 0 Å². The third-order valence-corrected chi connectivity index (χ3v) is 9.17. The minimum atomic E-state index is 0.0506. The van der Waals surface area contributed by atoms with Crippen LogP contribution in [0.1, 0.15) is 47.6 Å². The maximum Gasteiger partial charge on any atom is 0.160 e. The molecule has 0 radical (unpaired) electrons. The number of benzene rings is 4. The average molecular weight is 647 g/mol. The minimum absolute atomic E-state index is 0.0506. The fourth-order valence-electron chi connectivity index (χ4n) is 6.42. The van der Waals surface area contributed by atoms with Gasteiger partial charge in [-0.05, 0) is 75.7 Å². The van der Waals surface area contributed by atoms with E-state index in [-0.39, 0.29) is 5.92 Å². The first-order valence-corrected chi connectivity index (χ1v) is 17.0. The zero-order valence-electron chi connectivity index (χ0n) is 28.0. The van der Waals surface area contributed by atoms with E-state index in [4.69, 9.17) is 20.4 Å². The summed E-state index contributed by atoms with van der Waals surface area (Å²) in [5, 5.41) is 10.1. The summed E-state index contributed by atoms with van der Waals surface area (Å²) in [6, 6.07) is 34.9. The van der Waals surface area contributed by atoms with Gasteiger partial charge in [-0.2, -0.15) is 0 Å². The van der Waals surface area contributed by atoms with E-state index in [1.54, 1.807) is 0 Å². The van der Waals surface area contributed by atoms with Crippen LogP contribution in [0, 0.1) is 5.41 Å². The molecule has 4 nitrogen and oxygen atoms in total. The lowest BCUT2D eigenvalue weighted by atomic mass is 9.89. The van der Waals surface area contributed by atoms with Crippen LogP contribution in [0.15, 0.2) is 157 Å². The Morgan fingerprint density at radius 3 is 2.32 bits per heavy atom. The molecule has 2 aliphatic rings. The molecule has 1 unspecified atom stereocenters. The summed E-state index contributed by atoms with van der Waals surface area (Å²) >= 11 is 0. The minimum Gasteiger partial charge on any atom is -0.308 e. The number of rotatable bonds is 9. The molecule has 0 saturated carbocycles. The Hall–Kier alpha value is -6.26. The van der Waals surface area contributed by atoms with Crippen molar-refractivity contribution in [3.05, 3.63) is 185 Å². The molecule has 7 rings (SSSR count). The first kappa shape index (κ1) is 32.3. The maximum absolute atomic E-state index is 8.18. The summed E-state index contributed by atoms with van der Waals surface area (Å²) in [7, 11) is 0. The molecule has 242 valence electrons. The van der Waals surface area contributed by atoms with Crippen LogP contribution in [0.5, 0.6) is 0 Å². The standard InChI is InChI=1S/C46H38N4/c1-3-33-13-8-9-16-40(33)31-48-41-18-11-17-39(28-41)46-49-44(37-24-20-35(21-25-37)34-14-5-4-6-15-34)29-45(50-46)38-26-22-36(23-27-38)43(30-47)42-19-10-7-12-32(42)2/h3,5,7-26,28-31,38,47H,1-2,4,6,27H2/b43-42+,47-30?,48-31?. The number of hydrogen-bond acceptors (Lipinski definition) is 4. The van der Waals surface area contributed by atoms with Crippen LogP contribution in [-0.4, -0.2) is 22.4 Å². The molecule has 1 N–H and O–H groups in total. The van der Waals surface area contributed by atoms with Gasteiger partial charge >= 0.3 is 0 Å². The van der Waals surface area contributed by atoms with Crippen LogP contribution in [0.2, 0.25) is 0 Å². The van der Waals surface area contributed by atoms with Crippen LogP contribution in [0.4, 0.5) is 5.69 Å². The van der Waals surface area contributed by atoms with E-state index in [2.05, 4.69) is 79.9 Å². The van der Waals surface area contributed by atoms with E-state index >= 15 is 0 Å². The maximum atomic E-state index is 8.18.